The molecule has 0 radical (unpaired) electrons. The number of aliphatic imine (C=N–C) groups is 1. The maximum atomic E-state index is 5.71. The summed E-state index contributed by atoms with van der Waals surface area (Å²) < 4.78 is 2.62. The van der Waals surface area contributed by atoms with E-state index in [0.29, 0.717) is 0 Å². The zero-order chi connectivity index (χ0) is 34.2. The number of para-hydroxylation sites is 2. The van der Waals surface area contributed by atoms with Crippen LogP contribution in [0.25, 0.3) is 0 Å². The number of hydrogen-bond donors (Lipinski definition) is 0. The van der Waals surface area contributed by atoms with Crippen LogP contribution >= 0.6 is 28.2 Å². The molecule has 2 nitrogen and oxygen atoms in total. The fourth-order valence-electron chi connectivity index (χ4n) is 5.77. The van der Waals surface area contributed by atoms with Gasteiger partial charge in [-0.3, -0.25) is 0 Å². The molecule has 244 valence electrons. The van der Waals surface area contributed by atoms with Gasteiger partial charge >= 0.3 is 33.5 Å². The van der Waals surface area contributed by atoms with Crippen LogP contribution in [-0.2, 0) is 24.2 Å². The minimum atomic E-state index is -1.61. The fourth-order valence-corrected chi connectivity index (χ4v) is 8.54. The third-order valence-corrected chi connectivity index (χ3v) is 10.7. The Hall–Kier alpha value is -2.89. The Morgan fingerprint density at radius 2 is 1.06 bits per heavy atom. The molecule has 0 aliphatic carbocycles. The molecule has 5 rings (SSSR count). The van der Waals surface area contributed by atoms with Crippen LogP contribution in [0.5, 0.6) is 0 Å². The Morgan fingerprint density at radius 1 is 0.596 bits per heavy atom. The number of hydrogen-bond acceptors (Lipinski definition) is 1. The van der Waals surface area contributed by atoms with Crippen LogP contribution in [0.15, 0.2) is 132 Å². The Bertz CT molecular complexity index is 1720. The average molecular weight is 721 g/mol. The summed E-state index contributed by atoms with van der Waals surface area (Å²) in [5.41, 5.74) is 8.25. The Labute approximate surface area is 298 Å². The summed E-state index contributed by atoms with van der Waals surface area (Å²) in [5, 5.41) is 2.63. The summed E-state index contributed by atoms with van der Waals surface area (Å²) >= 11 is -0.181. The zero-order valence-corrected chi connectivity index (χ0v) is 32.5. The first kappa shape index (κ1) is 36.9. The van der Waals surface area contributed by atoms with Crippen molar-refractivity contribution in [3.05, 3.63) is 155 Å². The van der Waals surface area contributed by atoms with E-state index in [2.05, 4.69) is 187 Å². The van der Waals surface area contributed by atoms with E-state index in [4.69, 9.17) is 25.1 Å². The number of anilines is 1. The van der Waals surface area contributed by atoms with Gasteiger partial charge in [0.05, 0.1) is 11.4 Å². The maximum absolute atomic E-state index is 5.71. The molecule has 5 aromatic carbocycles. The van der Waals surface area contributed by atoms with Gasteiger partial charge in [0.2, 0.25) is 0 Å². The summed E-state index contributed by atoms with van der Waals surface area (Å²) in [6.07, 6.45) is 0. The van der Waals surface area contributed by atoms with Gasteiger partial charge in [-0.25, -0.2) is 4.99 Å². The second-order valence-electron chi connectivity index (χ2n) is 13.8. The van der Waals surface area contributed by atoms with E-state index in [0.717, 1.165) is 17.1 Å². The molecule has 0 amide bonds. The fraction of sp³-hybridized carbons (Fsp3) is 0.244. The van der Waals surface area contributed by atoms with Crippen LogP contribution in [0.2, 0.25) is 0 Å². The van der Waals surface area contributed by atoms with Crippen LogP contribution in [0.3, 0.4) is 0 Å². The Kier molecular flexibility index (Phi) is 13.0. The average Bonchev–Trinajstić information content (AvgIpc) is 3.04. The van der Waals surface area contributed by atoms with Crippen molar-refractivity contribution in [2.24, 2.45) is 4.99 Å². The van der Waals surface area contributed by atoms with E-state index >= 15 is 0 Å². The molecule has 0 aromatic heterocycles. The second kappa shape index (κ2) is 16.5. The Morgan fingerprint density at radius 3 is 1.57 bits per heavy atom. The van der Waals surface area contributed by atoms with Crippen molar-refractivity contribution < 1.29 is 13.4 Å². The first-order chi connectivity index (χ1) is 22.4. The molecule has 0 fully saturated rings. The summed E-state index contributed by atoms with van der Waals surface area (Å²) in [6, 6.07) is 46.4. The molecule has 5 aromatic rings. The van der Waals surface area contributed by atoms with Gasteiger partial charge in [-0.1, -0.05) is 144 Å². The van der Waals surface area contributed by atoms with Crippen molar-refractivity contribution >= 4 is 56.0 Å². The van der Waals surface area contributed by atoms with Crippen molar-refractivity contribution in [1.29, 1.82) is 0 Å². The molecule has 0 spiro atoms. The van der Waals surface area contributed by atoms with Crippen molar-refractivity contribution in [2.45, 2.75) is 66.2 Å². The second-order valence-corrected chi connectivity index (χ2v) is 18.2. The molecule has 0 N–H and O–H groups in total. The van der Waals surface area contributed by atoms with Crippen LogP contribution in [0.4, 0.5) is 11.4 Å². The molecule has 0 saturated heterocycles. The molecule has 47 heavy (non-hydrogen) atoms. The van der Waals surface area contributed by atoms with Gasteiger partial charge in [-0.05, 0) is 71.7 Å². The van der Waals surface area contributed by atoms with Crippen LogP contribution in [-0.4, -0.2) is 5.84 Å². The van der Waals surface area contributed by atoms with Crippen LogP contribution in [0, 0.1) is 13.8 Å². The number of halogens is 2. The normalized spacial score (nSPS) is 12.0. The zero-order valence-electron chi connectivity index (χ0n) is 28.7. The Balaban J connectivity index is 0.00000160. The van der Waals surface area contributed by atoms with Crippen molar-refractivity contribution in [1.82, 2.24) is 0 Å². The minimum absolute atomic E-state index is 0.0603. The molecular formula is C41H46Cl2CrN2P+. The number of nitrogens with zero attached hydrogens (tertiary/aromatic N) is 2. The van der Waals surface area contributed by atoms with E-state index in [-0.39, 0.29) is 24.2 Å². The first-order valence-electron chi connectivity index (χ1n) is 15.9. The van der Waals surface area contributed by atoms with Gasteiger partial charge in [0.25, 0.3) is 0 Å². The number of amidine groups is 1. The SMILES string of the molecule is Cc1ccc(C(=Nc2ccccc2C(C)(C)C)N(c2c(C)cccc2C(C)(C)C)[PH+](c2ccccc2)c2ccccc2)cc1.[Cl][Cr][Cl]. The topological polar surface area (TPSA) is 15.6 Å². The predicted octanol–water partition coefficient (Wildman–Crippen LogP) is 11.6. The molecule has 6 heteroatoms. The molecular weight excluding hydrogens is 674 g/mol. The molecule has 0 heterocycles. The summed E-state index contributed by atoms with van der Waals surface area (Å²) in [4.78, 5) is 5.71. The van der Waals surface area contributed by atoms with Gasteiger partial charge in [0, 0.05) is 5.56 Å². The van der Waals surface area contributed by atoms with Gasteiger partial charge in [-0.2, -0.15) is 4.67 Å². The van der Waals surface area contributed by atoms with E-state index < -0.39 is 8.07 Å². The monoisotopic (exact) mass is 719 g/mol. The standard InChI is InChI=1S/C41H45N2P.2ClH.Cr/c1-30-26-28-32(29-27-30)39(42-37-25-16-15-23-35(37)40(3,4)5)43(38-31(2)18-17-24-36(38)41(6,7)8)44(33-19-11-9-12-20-33)34-21-13-10-14-22-34;;;/h9-29H,1-8H3;2*1H;/q;;;+2/p-1. The van der Waals surface area contributed by atoms with Crippen LogP contribution < -0.4 is 15.3 Å². The third kappa shape index (κ3) is 9.39. The van der Waals surface area contributed by atoms with Gasteiger partial charge in [-0.15, -0.1) is 0 Å². The van der Waals surface area contributed by atoms with Gasteiger partial charge in [0.1, 0.15) is 10.6 Å². The van der Waals surface area contributed by atoms with Crippen molar-refractivity contribution in [3.63, 3.8) is 0 Å². The number of benzene rings is 5. The third-order valence-electron chi connectivity index (χ3n) is 8.05. The number of aryl methyl sites for hydroxylation is 2. The summed E-state index contributed by atoms with van der Waals surface area (Å²) in [5.74, 6) is 0.975. The summed E-state index contributed by atoms with van der Waals surface area (Å²) in [6.45, 7) is 18.2. The predicted molar refractivity (Wildman–Crippen MR) is 207 cm³/mol. The van der Waals surface area contributed by atoms with Crippen LogP contribution in [0.1, 0.15) is 69.4 Å². The first-order valence-corrected chi connectivity index (χ1v) is 20.8. The quantitative estimate of drug-likeness (QED) is 0.0969. The van der Waals surface area contributed by atoms with E-state index in [1.165, 1.54) is 38.6 Å². The molecule has 0 saturated carbocycles. The van der Waals surface area contributed by atoms with E-state index in [1.54, 1.807) is 0 Å². The molecule has 0 aliphatic rings. The van der Waals surface area contributed by atoms with E-state index in [9.17, 15) is 0 Å². The summed E-state index contributed by atoms with van der Waals surface area (Å²) in [7, 11) is 8.04. The molecule has 0 atom stereocenters. The van der Waals surface area contributed by atoms with Crippen molar-refractivity contribution in [3.8, 4) is 0 Å². The number of rotatable bonds is 6. The van der Waals surface area contributed by atoms with Crippen molar-refractivity contribution in [2.75, 3.05) is 4.67 Å². The molecule has 0 aliphatic heterocycles. The van der Waals surface area contributed by atoms with Gasteiger partial charge in [0.15, 0.2) is 13.9 Å². The van der Waals surface area contributed by atoms with E-state index in [1.807, 2.05) is 0 Å². The van der Waals surface area contributed by atoms with Gasteiger partial charge < -0.3 is 0 Å². The molecule has 0 unspecified atom stereocenters. The molecule has 0 bridgehead atoms.